The Kier molecular flexibility index (Phi) is 4.64. The van der Waals surface area contributed by atoms with Gasteiger partial charge in [-0.05, 0) is 41.5 Å². The maximum atomic E-state index is 15.6. The molecule has 1 spiro atoms. The van der Waals surface area contributed by atoms with Gasteiger partial charge in [-0.3, -0.25) is 0 Å². The fourth-order valence-electron chi connectivity index (χ4n) is 5.61. The summed E-state index contributed by atoms with van der Waals surface area (Å²) in [5.74, 6) is -4.10. The quantitative estimate of drug-likeness (QED) is 0.285. The zero-order chi connectivity index (χ0) is 26.2. The molecule has 0 bridgehead atoms. The molecular formula is C28H19F4N5O. The molecule has 2 aromatic carbocycles. The Bertz CT molecular complexity index is 1670. The number of rotatable bonds is 2. The summed E-state index contributed by atoms with van der Waals surface area (Å²) in [7, 11) is 0. The van der Waals surface area contributed by atoms with E-state index in [2.05, 4.69) is 9.97 Å². The van der Waals surface area contributed by atoms with E-state index in [1.165, 1.54) is 11.1 Å². The van der Waals surface area contributed by atoms with Crippen molar-refractivity contribution in [2.45, 2.75) is 17.9 Å². The van der Waals surface area contributed by atoms with Gasteiger partial charge in [0.05, 0.1) is 6.54 Å². The highest BCUT2D eigenvalue weighted by Gasteiger charge is 2.51. The van der Waals surface area contributed by atoms with Crippen LogP contribution >= 0.6 is 0 Å². The zero-order valence-electron chi connectivity index (χ0n) is 19.8. The third-order valence-corrected chi connectivity index (χ3v) is 7.33. The van der Waals surface area contributed by atoms with Gasteiger partial charge in [0.2, 0.25) is 5.95 Å². The lowest BCUT2D eigenvalue weighted by molar-refractivity contribution is 0.0256. The second-order valence-electron chi connectivity index (χ2n) is 9.58. The van der Waals surface area contributed by atoms with Crippen LogP contribution in [-0.4, -0.2) is 34.8 Å². The van der Waals surface area contributed by atoms with Crippen LogP contribution in [0.4, 0.5) is 23.4 Å². The van der Waals surface area contributed by atoms with Crippen molar-refractivity contribution in [3.8, 4) is 22.6 Å². The van der Waals surface area contributed by atoms with Crippen molar-refractivity contribution in [1.82, 2.24) is 9.97 Å². The molecule has 0 aliphatic carbocycles. The average Bonchev–Trinajstić information content (AvgIpc) is 3.42. The summed E-state index contributed by atoms with van der Waals surface area (Å²) >= 11 is 0. The zero-order valence-corrected chi connectivity index (χ0v) is 19.8. The Balaban J connectivity index is 1.51. The van der Waals surface area contributed by atoms with Gasteiger partial charge in [-0.1, -0.05) is 30.3 Å². The normalized spacial score (nSPS) is 20.5. The number of benzene rings is 2. The molecule has 3 aliphatic rings. The largest absolute Gasteiger partial charge is 0.452 e. The van der Waals surface area contributed by atoms with Crippen molar-refractivity contribution in [2.75, 3.05) is 18.0 Å². The Morgan fingerprint density at radius 3 is 2.50 bits per heavy atom. The molecule has 1 saturated heterocycles. The lowest BCUT2D eigenvalue weighted by Gasteiger charge is -2.36. The molecular weight excluding hydrogens is 498 g/mol. The number of anilines is 1. The molecule has 7 rings (SSSR count). The van der Waals surface area contributed by atoms with Crippen LogP contribution in [-0.2, 0) is 5.54 Å². The van der Waals surface area contributed by atoms with Crippen LogP contribution in [0.2, 0.25) is 0 Å². The molecule has 2 aromatic heterocycles. The summed E-state index contributed by atoms with van der Waals surface area (Å²) in [6.07, 6.45) is 1.00. The maximum absolute atomic E-state index is 15.6. The van der Waals surface area contributed by atoms with Crippen LogP contribution in [0.3, 0.4) is 0 Å². The Morgan fingerprint density at radius 1 is 0.895 bits per heavy atom. The number of alkyl halides is 2. The summed E-state index contributed by atoms with van der Waals surface area (Å²) in [6, 6.07) is 17.0. The second-order valence-corrected chi connectivity index (χ2v) is 9.58. The first-order valence-corrected chi connectivity index (χ1v) is 12.0. The van der Waals surface area contributed by atoms with Gasteiger partial charge >= 0.3 is 0 Å². The number of aliphatic imine (C=N–C) groups is 1. The number of nitrogens with zero attached hydrogens (tertiary/aromatic N) is 4. The topological polar surface area (TPSA) is 76.6 Å². The van der Waals surface area contributed by atoms with E-state index in [1.54, 1.807) is 36.4 Å². The van der Waals surface area contributed by atoms with E-state index in [0.717, 1.165) is 0 Å². The monoisotopic (exact) mass is 517 g/mol. The van der Waals surface area contributed by atoms with E-state index in [1.807, 2.05) is 24.3 Å². The van der Waals surface area contributed by atoms with Crippen LogP contribution in [0.25, 0.3) is 11.1 Å². The number of pyridine rings is 2. The highest BCUT2D eigenvalue weighted by Crippen LogP contribution is 2.57. The van der Waals surface area contributed by atoms with Gasteiger partial charge in [0, 0.05) is 41.4 Å². The van der Waals surface area contributed by atoms with Crippen molar-refractivity contribution >= 4 is 11.7 Å². The summed E-state index contributed by atoms with van der Waals surface area (Å²) in [4.78, 5) is 13.9. The standard InChI is InChI=1S/C28H19F4N5O/c29-24-16(5-3-10-34-24)15-7-8-21-19(12-15)28(18-6-2-1-4-17(18)26(33)36-28)20-13-22(35-25(30)23(20)38-21)37-11-9-27(31,32)14-37/h1-8,10,12-13H,9,11,14H2,(H2,33,36). The Labute approximate surface area is 214 Å². The molecule has 10 heteroatoms. The van der Waals surface area contributed by atoms with Crippen LogP contribution in [0.15, 0.2) is 71.9 Å². The molecule has 1 atom stereocenters. The predicted molar refractivity (Wildman–Crippen MR) is 133 cm³/mol. The molecule has 1 unspecified atom stereocenters. The number of halogens is 4. The minimum Gasteiger partial charge on any atom is -0.452 e. The summed E-state index contributed by atoms with van der Waals surface area (Å²) in [5.41, 5.74) is 7.88. The molecule has 4 aromatic rings. The fraction of sp³-hybridized carbons (Fsp3) is 0.179. The van der Waals surface area contributed by atoms with Crippen LogP contribution < -0.4 is 15.4 Å². The molecule has 38 heavy (non-hydrogen) atoms. The van der Waals surface area contributed by atoms with E-state index in [9.17, 15) is 13.2 Å². The highest BCUT2D eigenvalue weighted by atomic mass is 19.3. The summed E-state index contributed by atoms with van der Waals surface area (Å²) in [6.45, 7) is -0.551. The number of hydrogen-bond donors (Lipinski definition) is 1. The third kappa shape index (κ3) is 3.15. The van der Waals surface area contributed by atoms with Gasteiger partial charge < -0.3 is 15.4 Å². The smallest absolute Gasteiger partial charge is 0.266 e. The van der Waals surface area contributed by atoms with Gasteiger partial charge in [-0.25, -0.2) is 18.8 Å². The predicted octanol–water partition coefficient (Wildman–Crippen LogP) is 5.38. The molecule has 0 amide bonds. The van der Waals surface area contributed by atoms with E-state index in [0.29, 0.717) is 28.0 Å². The van der Waals surface area contributed by atoms with Gasteiger partial charge in [-0.2, -0.15) is 13.8 Å². The van der Waals surface area contributed by atoms with E-state index < -0.39 is 29.9 Å². The Morgan fingerprint density at radius 2 is 1.71 bits per heavy atom. The molecule has 6 nitrogen and oxygen atoms in total. The van der Waals surface area contributed by atoms with Gasteiger partial charge in [0.1, 0.15) is 22.9 Å². The van der Waals surface area contributed by atoms with Gasteiger partial charge in [-0.15, -0.1) is 0 Å². The number of fused-ring (bicyclic) bond motifs is 6. The Hall–Kier alpha value is -4.47. The SMILES string of the molecule is NC1=NC2(c3cc(-c4cccnc4F)ccc3Oc3c2cc(N2CCC(F)(F)C2)nc3F)c2ccccc21. The third-order valence-electron chi connectivity index (χ3n) is 7.33. The van der Waals surface area contributed by atoms with Crippen LogP contribution in [0.1, 0.15) is 28.7 Å². The number of hydrogen-bond acceptors (Lipinski definition) is 6. The van der Waals surface area contributed by atoms with Gasteiger partial charge in [0.15, 0.2) is 5.75 Å². The van der Waals surface area contributed by atoms with Crippen molar-refractivity contribution in [1.29, 1.82) is 0 Å². The summed E-state index contributed by atoms with van der Waals surface area (Å²) < 4.78 is 64.3. The average molecular weight is 517 g/mol. The lowest BCUT2D eigenvalue weighted by atomic mass is 9.75. The van der Waals surface area contributed by atoms with Crippen molar-refractivity contribution in [2.24, 2.45) is 10.7 Å². The fourth-order valence-corrected chi connectivity index (χ4v) is 5.61. The van der Waals surface area contributed by atoms with E-state index in [4.69, 9.17) is 15.5 Å². The minimum absolute atomic E-state index is 0.0229. The van der Waals surface area contributed by atoms with Crippen molar-refractivity contribution in [3.63, 3.8) is 0 Å². The first kappa shape index (κ1) is 22.7. The molecule has 190 valence electrons. The summed E-state index contributed by atoms with van der Waals surface area (Å²) in [5, 5.41) is 0. The van der Waals surface area contributed by atoms with E-state index in [-0.39, 0.29) is 41.5 Å². The number of amidine groups is 1. The van der Waals surface area contributed by atoms with Crippen LogP contribution in [0, 0.1) is 11.9 Å². The van der Waals surface area contributed by atoms with E-state index >= 15 is 4.39 Å². The van der Waals surface area contributed by atoms with Crippen LogP contribution in [0.5, 0.6) is 11.5 Å². The molecule has 0 radical (unpaired) electrons. The van der Waals surface area contributed by atoms with Crippen molar-refractivity contribution < 1.29 is 22.3 Å². The van der Waals surface area contributed by atoms with Gasteiger partial charge in [0.25, 0.3) is 11.9 Å². The molecule has 3 aliphatic heterocycles. The maximum Gasteiger partial charge on any atom is 0.266 e. The molecule has 0 saturated carbocycles. The van der Waals surface area contributed by atoms with Crippen molar-refractivity contribution in [3.05, 3.63) is 101 Å². The molecule has 2 N–H and O–H groups in total. The second kappa shape index (κ2) is 7.77. The first-order valence-electron chi connectivity index (χ1n) is 12.0. The molecule has 5 heterocycles. The highest BCUT2D eigenvalue weighted by molar-refractivity contribution is 6.03. The number of aromatic nitrogens is 2. The first-order chi connectivity index (χ1) is 18.3. The minimum atomic E-state index is -2.90. The number of ether oxygens (including phenoxy) is 1. The number of nitrogens with two attached hydrogens (primary N) is 1. The molecule has 1 fully saturated rings. The lowest BCUT2D eigenvalue weighted by Crippen LogP contribution is -2.32.